The molecule has 1 saturated heterocycles. The van der Waals surface area contributed by atoms with Gasteiger partial charge in [0.1, 0.15) is 6.10 Å². The second-order valence-electron chi connectivity index (χ2n) is 9.08. The molecule has 0 amide bonds. The van der Waals surface area contributed by atoms with Crippen LogP contribution in [-0.2, 0) is 13.9 Å². The first-order valence-corrected chi connectivity index (χ1v) is 14.8. The van der Waals surface area contributed by atoms with Gasteiger partial charge in [0.25, 0.3) is 0 Å². The van der Waals surface area contributed by atoms with Gasteiger partial charge in [0.15, 0.2) is 14.1 Å². The summed E-state index contributed by atoms with van der Waals surface area (Å²) in [5, 5.41) is 0. The van der Waals surface area contributed by atoms with Crippen LogP contribution in [0.4, 0.5) is 0 Å². The van der Waals surface area contributed by atoms with E-state index in [4.69, 9.17) is 13.9 Å². The Morgan fingerprint density at radius 1 is 0.850 bits per heavy atom. The maximum atomic E-state index is 6.48. The molecule has 0 aromatic heterocycles. The van der Waals surface area contributed by atoms with Crippen molar-refractivity contribution in [3.05, 3.63) is 0 Å². The van der Waals surface area contributed by atoms with Crippen molar-refractivity contribution >= 4 is 15.4 Å². The zero-order chi connectivity index (χ0) is 16.0. The van der Waals surface area contributed by atoms with Crippen molar-refractivity contribution in [1.82, 2.24) is 0 Å². The standard InChI is InChI=1S/C15H34O3Si2/c1-14(2,3)16-12-11-19(7,8)20(9,10)18-13(12)17-15(4,5)6/h12-13H,11H2,1-10H3. The third-order valence-corrected chi connectivity index (χ3v) is 20.3. The first kappa shape index (κ1) is 18.4. The van der Waals surface area contributed by atoms with Crippen LogP contribution >= 0.6 is 0 Å². The number of rotatable bonds is 2. The average Bonchev–Trinajstić information content (AvgIpc) is 2.07. The van der Waals surface area contributed by atoms with Crippen LogP contribution in [0.1, 0.15) is 41.5 Å². The fraction of sp³-hybridized carbons (Fsp3) is 1.00. The SMILES string of the molecule is CC(C)(C)OC1C[Si](C)(C)[Si](C)(C)OC1OC(C)(C)C. The Kier molecular flexibility index (Phi) is 5.05. The van der Waals surface area contributed by atoms with E-state index in [1.54, 1.807) is 0 Å². The number of hydrogen-bond acceptors (Lipinski definition) is 3. The molecule has 2 unspecified atom stereocenters. The van der Waals surface area contributed by atoms with Crippen LogP contribution in [0.5, 0.6) is 0 Å². The van der Waals surface area contributed by atoms with E-state index in [0.717, 1.165) is 6.04 Å². The van der Waals surface area contributed by atoms with E-state index in [1.807, 2.05) is 0 Å². The van der Waals surface area contributed by atoms with Crippen LogP contribution in [0.3, 0.4) is 0 Å². The molecule has 0 bridgehead atoms. The molecule has 0 aromatic rings. The first-order valence-electron chi connectivity index (χ1n) is 7.66. The van der Waals surface area contributed by atoms with Crippen molar-refractivity contribution in [2.45, 2.75) is 97.4 Å². The van der Waals surface area contributed by atoms with Gasteiger partial charge >= 0.3 is 0 Å². The lowest BCUT2D eigenvalue weighted by Crippen LogP contribution is -2.67. The smallest absolute Gasteiger partial charge is 0.177 e. The van der Waals surface area contributed by atoms with Gasteiger partial charge < -0.3 is 13.9 Å². The maximum Gasteiger partial charge on any atom is 0.177 e. The molecule has 1 aliphatic heterocycles. The van der Waals surface area contributed by atoms with E-state index >= 15 is 0 Å². The van der Waals surface area contributed by atoms with Gasteiger partial charge in [-0.15, -0.1) is 0 Å². The average molecular weight is 319 g/mol. The van der Waals surface area contributed by atoms with Crippen LogP contribution in [-0.4, -0.2) is 39.0 Å². The van der Waals surface area contributed by atoms with Crippen molar-refractivity contribution in [2.24, 2.45) is 0 Å². The van der Waals surface area contributed by atoms with Gasteiger partial charge in [-0.1, -0.05) is 13.1 Å². The van der Waals surface area contributed by atoms with Crippen LogP contribution < -0.4 is 0 Å². The summed E-state index contributed by atoms with van der Waals surface area (Å²) >= 11 is 0. The minimum Gasteiger partial charge on any atom is -0.394 e. The van der Waals surface area contributed by atoms with Crippen LogP contribution in [0, 0.1) is 0 Å². The molecule has 2 atom stereocenters. The summed E-state index contributed by atoms with van der Waals surface area (Å²) in [6.45, 7) is 22.1. The number of hydrogen-bond donors (Lipinski definition) is 0. The highest BCUT2D eigenvalue weighted by molar-refractivity contribution is 7.38. The Morgan fingerprint density at radius 3 is 1.70 bits per heavy atom. The molecule has 0 radical (unpaired) electrons. The molecule has 120 valence electrons. The minimum atomic E-state index is -1.66. The second kappa shape index (κ2) is 5.50. The van der Waals surface area contributed by atoms with E-state index in [0.29, 0.717) is 0 Å². The molecular weight excluding hydrogens is 284 g/mol. The molecule has 1 heterocycles. The summed E-state index contributed by atoms with van der Waals surface area (Å²) in [5.41, 5.74) is -0.376. The molecule has 20 heavy (non-hydrogen) atoms. The van der Waals surface area contributed by atoms with Crippen molar-refractivity contribution in [3.8, 4) is 0 Å². The summed E-state index contributed by atoms with van der Waals surface area (Å²) < 4.78 is 18.9. The minimum absolute atomic E-state index is 0.0522. The molecule has 1 aliphatic rings. The summed E-state index contributed by atoms with van der Waals surface area (Å²) in [5.74, 6) is 0. The molecule has 1 fully saturated rings. The Morgan fingerprint density at radius 2 is 1.30 bits per heavy atom. The lowest BCUT2D eigenvalue weighted by molar-refractivity contribution is -0.229. The fourth-order valence-electron chi connectivity index (χ4n) is 2.37. The van der Waals surface area contributed by atoms with Gasteiger partial charge in [-0.3, -0.25) is 0 Å². The largest absolute Gasteiger partial charge is 0.394 e. The molecule has 0 aromatic carbocycles. The topological polar surface area (TPSA) is 27.7 Å². The molecule has 0 spiro atoms. The van der Waals surface area contributed by atoms with Gasteiger partial charge in [-0.2, -0.15) is 0 Å². The highest BCUT2D eigenvalue weighted by atomic mass is 29.3. The predicted molar refractivity (Wildman–Crippen MR) is 90.1 cm³/mol. The number of ether oxygens (including phenoxy) is 2. The third-order valence-electron chi connectivity index (χ3n) is 4.03. The van der Waals surface area contributed by atoms with Gasteiger partial charge in [0.2, 0.25) is 0 Å². The zero-order valence-corrected chi connectivity index (χ0v) is 17.1. The molecule has 5 heteroatoms. The molecule has 3 nitrogen and oxygen atoms in total. The third kappa shape index (κ3) is 4.95. The van der Waals surface area contributed by atoms with E-state index < -0.39 is 15.4 Å². The van der Waals surface area contributed by atoms with Gasteiger partial charge in [0, 0.05) is 0 Å². The summed E-state index contributed by atoms with van der Waals surface area (Å²) in [7, 11) is -3.05. The Bertz CT molecular complexity index is 306. The van der Waals surface area contributed by atoms with Crippen LogP contribution in [0.15, 0.2) is 0 Å². The van der Waals surface area contributed by atoms with Crippen molar-refractivity contribution in [1.29, 1.82) is 0 Å². The Hall–Kier alpha value is 0.314. The fourth-order valence-corrected chi connectivity index (χ4v) is 8.63. The van der Waals surface area contributed by atoms with E-state index in [-0.39, 0.29) is 23.6 Å². The normalized spacial score (nSPS) is 30.3. The Labute approximate surface area is 127 Å². The van der Waals surface area contributed by atoms with Gasteiger partial charge in [-0.05, 0) is 60.7 Å². The molecule has 0 N–H and O–H groups in total. The van der Waals surface area contributed by atoms with Crippen molar-refractivity contribution in [2.75, 3.05) is 0 Å². The lowest BCUT2D eigenvalue weighted by Gasteiger charge is -2.51. The van der Waals surface area contributed by atoms with E-state index in [1.165, 1.54) is 0 Å². The predicted octanol–water partition coefficient (Wildman–Crippen LogP) is 4.33. The zero-order valence-electron chi connectivity index (χ0n) is 15.1. The highest BCUT2D eigenvalue weighted by Crippen LogP contribution is 2.38. The molecule has 0 saturated carbocycles. The molecular formula is C15H34O3Si2. The van der Waals surface area contributed by atoms with Crippen LogP contribution in [0.2, 0.25) is 32.2 Å². The Balaban J connectivity index is 2.97. The van der Waals surface area contributed by atoms with Crippen LogP contribution in [0.25, 0.3) is 0 Å². The van der Waals surface area contributed by atoms with Crippen molar-refractivity contribution < 1.29 is 13.9 Å². The molecule has 0 aliphatic carbocycles. The van der Waals surface area contributed by atoms with E-state index in [2.05, 4.69) is 67.7 Å². The lowest BCUT2D eigenvalue weighted by atomic mass is 10.1. The van der Waals surface area contributed by atoms with Gasteiger partial charge in [0.05, 0.1) is 18.8 Å². The monoisotopic (exact) mass is 318 g/mol. The van der Waals surface area contributed by atoms with Gasteiger partial charge in [-0.25, -0.2) is 0 Å². The summed E-state index contributed by atoms with van der Waals surface area (Å²) in [4.78, 5) is 0. The van der Waals surface area contributed by atoms with E-state index in [9.17, 15) is 0 Å². The van der Waals surface area contributed by atoms with Crippen molar-refractivity contribution in [3.63, 3.8) is 0 Å². The highest BCUT2D eigenvalue weighted by Gasteiger charge is 2.53. The summed E-state index contributed by atoms with van der Waals surface area (Å²) in [6, 6.07) is 1.13. The quantitative estimate of drug-likeness (QED) is 0.709. The maximum absolute atomic E-state index is 6.48. The summed E-state index contributed by atoms with van der Waals surface area (Å²) in [6.07, 6.45) is -0.173. The second-order valence-corrected chi connectivity index (χ2v) is 24.2. The first-order chi connectivity index (χ1) is 8.63. The molecule has 1 rings (SSSR count).